The lowest BCUT2D eigenvalue weighted by Crippen LogP contribution is -2.51. The van der Waals surface area contributed by atoms with Crippen molar-refractivity contribution in [2.24, 2.45) is 0 Å². The van der Waals surface area contributed by atoms with Crippen LogP contribution >= 0.6 is 0 Å². The Morgan fingerprint density at radius 3 is 2.74 bits per heavy atom. The number of carbonyl (C=O) groups is 2. The van der Waals surface area contributed by atoms with Crippen molar-refractivity contribution in [1.82, 2.24) is 26.0 Å². The Kier molecular flexibility index (Phi) is 4.52. The van der Waals surface area contributed by atoms with Crippen LogP contribution in [0.3, 0.4) is 0 Å². The molecular formula is C15H19N5O3. The summed E-state index contributed by atoms with van der Waals surface area (Å²) in [5.74, 6) is -0.786. The van der Waals surface area contributed by atoms with Crippen LogP contribution in [0.4, 0.5) is 0 Å². The summed E-state index contributed by atoms with van der Waals surface area (Å²) in [6.45, 7) is -0.448. The van der Waals surface area contributed by atoms with Gasteiger partial charge in [-0.05, 0) is 31.0 Å². The summed E-state index contributed by atoms with van der Waals surface area (Å²) in [5.41, 5.74) is 1.58. The Morgan fingerprint density at radius 2 is 2.00 bits per heavy atom. The molecule has 0 radical (unpaired) electrons. The van der Waals surface area contributed by atoms with E-state index in [4.69, 9.17) is 0 Å². The van der Waals surface area contributed by atoms with Crippen molar-refractivity contribution < 1.29 is 14.7 Å². The van der Waals surface area contributed by atoms with Crippen molar-refractivity contribution >= 4 is 22.8 Å². The van der Waals surface area contributed by atoms with Gasteiger partial charge in [0.1, 0.15) is 17.1 Å². The van der Waals surface area contributed by atoms with E-state index < -0.39 is 18.6 Å². The van der Waals surface area contributed by atoms with Gasteiger partial charge in [0.05, 0.1) is 6.61 Å². The number of fused-ring (bicyclic) bond motifs is 1. The fourth-order valence-electron chi connectivity index (χ4n) is 2.79. The van der Waals surface area contributed by atoms with E-state index in [-0.39, 0.29) is 11.9 Å². The molecule has 2 aromatic rings. The standard InChI is InChI=1S/C15H19N5O3/c21-8-13(15(23)16-10-3-1-2-4-10)17-14(22)9-5-6-11-12(7-9)19-20-18-11/h5-7,10,13,21H,1-4,8H2,(H,16,23)(H,17,22)(H,18,19,20). The van der Waals surface area contributed by atoms with Crippen LogP contribution in [-0.2, 0) is 4.79 Å². The highest BCUT2D eigenvalue weighted by atomic mass is 16.3. The number of amides is 2. The molecule has 1 fully saturated rings. The lowest BCUT2D eigenvalue weighted by atomic mass is 10.1. The Hall–Kier alpha value is -2.48. The maximum atomic E-state index is 12.3. The van der Waals surface area contributed by atoms with Gasteiger partial charge in [0.2, 0.25) is 5.91 Å². The first-order valence-electron chi connectivity index (χ1n) is 7.70. The monoisotopic (exact) mass is 317 g/mol. The smallest absolute Gasteiger partial charge is 0.252 e. The van der Waals surface area contributed by atoms with Gasteiger partial charge in [0.25, 0.3) is 5.91 Å². The highest BCUT2D eigenvalue weighted by molar-refractivity contribution is 5.99. The van der Waals surface area contributed by atoms with Gasteiger partial charge in [-0.25, -0.2) is 0 Å². The Bertz CT molecular complexity index is 708. The predicted molar refractivity (Wildman–Crippen MR) is 82.6 cm³/mol. The Labute approximate surface area is 132 Å². The molecule has 8 heteroatoms. The molecule has 1 aliphatic rings. The summed E-state index contributed by atoms with van der Waals surface area (Å²) in [6.07, 6.45) is 4.08. The lowest BCUT2D eigenvalue weighted by molar-refractivity contribution is -0.124. The molecule has 122 valence electrons. The van der Waals surface area contributed by atoms with Crippen molar-refractivity contribution in [3.63, 3.8) is 0 Å². The van der Waals surface area contributed by atoms with Crippen molar-refractivity contribution in [1.29, 1.82) is 0 Å². The van der Waals surface area contributed by atoms with Gasteiger partial charge in [-0.3, -0.25) is 9.59 Å². The second kappa shape index (κ2) is 6.74. The molecule has 4 N–H and O–H groups in total. The molecule has 1 heterocycles. The molecule has 1 aromatic carbocycles. The average molecular weight is 317 g/mol. The molecule has 1 saturated carbocycles. The van der Waals surface area contributed by atoms with Crippen molar-refractivity contribution in [3.05, 3.63) is 23.8 Å². The van der Waals surface area contributed by atoms with Gasteiger partial charge in [0, 0.05) is 11.6 Å². The normalized spacial score (nSPS) is 16.4. The first-order valence-corrected chi connectivity index (χ1v) is 7.70. The number of aromatic amines is 1. The second-order valence-electron chi connectivity index (χ2n) is 5.73. The number of H-pyrrole nitrogens is 1. The molecule has 23 heavy (non-hydrogen) atoms. The van der Waals surface area contributed by atoms with E-state index in [2.05, 4.69) is 26.0 Å². The SMILES string of the molecule is O=C(NC(CO)C(=O)NC1CCCC1)c1ccc2n[nH]nc2c1. The summed E-state index contributed by atoms with van der Waals surface area (Å²) >= 11 is 0. The molecule has 8 nitrogen and oxygen atoms in total. The lowest BCUT2D eigenvalue weighted by Gasteiger charge is -2.19. The zero-order valence-electron chi connectivity index (χ0n) is 12.6. The summed E-state index contributed by atoms with van der Waals surface area (Å²) in [7, 11) is 0. The summed E-state index contributed by atoms with van der Waals surface area (Å²) in [5, 5.41) is 25.1. The number of carbonyl (C=O) groups excluding carboxylic acids is 2. The van der Waals surface area contributed by atoms with Crippen LogP contribution < -0.4 is 10.6 Å². The van der Waals surface area contributed by atoms with E-state index in [1.165, 1.54) is 0 Å². The van der Waals surface area contributed by atoms with E-state index in [1.807, 2.05) is 0 Å². The number of aliphatic hydroxyl groups excluding tert-OH is 1. The number of rotatable bonds is 5. The second-order valence-corrected chi connectivity index (χ2v) is 5.73. The first-order chi connectivity index (χ1) is 11.2. The third-order valence-corrected chi connectivity index (χ3v) is 4.08. The van der Waals surface area contributed by atoms with Gasteiger partial charge >= 0.3 is 0 Å². The van der Waals surface area contributed by atoms with Crippen molar-refractivity contribution in [2.45, 2.75) is 37.8 Å². The minimum absolute atomic E-state index is 0.139. The van der Waals surface area contributed by atoms with E-state index >= 15 is 0 Å². The number of aromatic nitrogens is 3. The molecule has 1 atom stereocenters. The largest absolute Gasteiger partial charge is 0.394 e. The Morgan fingerprint density at radius 1 is 1.26 bits per heavy atom. The van der Waals surface area contributed by atoms with E-state index in [1.54, 1.807) is 18.2 Å². The molecule has 1 aromatic heterocycles. The third kappa shape index (κ3) is 3.48. The first kappa shape index (κ1) is 15.4. The quantitative estimate of drug-likeness (QED) is 0.624. The molecule has 0 bridgehead atoms. The summed E-state index contributed by atoms with van der Waals surface area (Å²) in [6, 6.07) is 4.03. The topological polar surface area (TPSA) is 120 Å². The van der Waals surface area contributed by atoms with Crippen LogP contribution in [0.15, 0.2) is 18.2 Å². The molecule has 0 saturated heterocycles. The maximum Gasteiger partial charge on any atom is 0.252 e. The molecule has 1 aliphatic carbocycles. The van der Waals surface area contributed by atoms with Crippen LogP contribution in [0.1, 0.15) is 36.0 Å². The van der Waals surface area contributed by atoms with Gasteiger partial charge in [-0.2, -0.15) is 15.4 Å². The van der Waals surface area contributed by atoms with Crippen LogP contribution in [0.25, 0.3) is 11.0 Å². The molecule has 0 aliphatic heterocycles. The highest BCUT2D eigenvalue weighted by Gasteiger charge is 2.24. The molecule has 1 unspecified atom stereocenters. The number of aliphatic hydroxyl groups is 1. The number of benzene rings is 1. The zero-order valence-corrected chi connectivity index (χ0v) is 12.6. The van der Waals surface area contributed by atoms with E-state index in [0.29, 0.717) is 16.6 Å². The van der Waals surface area contributed by atoms with Crippen LogP contribution in [-0.4, -0.2) is 51.0 Å². The number of nitrogens with zero attached hydrogens (tertiary/aromatic N) is 2. The van der Waals surface area contributed by atoms with Gasteiger partial charge in [-0.15, -0.1) is 0 Å². The van der Waals surface area contributed by atoms with Gasteiger partial charge < -0.3 is 15.7 Å². The maximum absolute atomic E-state index is 12.3. The molecule has 0 spiro atoms. The third-order valence-electron chi connectivity index (χ3n) is 4.08. The number of nitrogens with one attached hydrogen (secondary N) is 3. The van der Waals surface area contributed by atoms with E-state index in [9.17, 15) is 14.7 Å². The zero-order chi connectivity index (χ0) is 16.2. The van der Waals surface area contributed by atoms with Gasteiger partial charge in [0.15, 0.2) is 0 Å². The predicted octanol–water partition coefficient (Wildman–Crippen LogP) is 0.107. The van der Waals surface area contributed by atoms with Crippen LogP contribution in [0, 0.1) is 0 Å². The van der Waals surface area contributed by atoms with Gasteiger partial charge in [-0.1, -0.05) is 12.8 Å². The minimum Gasteiger partial charge on any atom is -0.394 e. The molecular weight excluding hydrogens is 298 g/mol. The Balaban J connectivity index is 1.64. The fraction of sp³-hybridized carbons (Fsp3) is 0.467. The highest BCUT2D eigenvalue weighted by Crippen LogP contribution is 2.17. The number of hydrogen-bond acceptors (Lipinski definition) is 5. The molecule has 3 rings (SSSR count). The average Bonchev–Trinajstić information content (AvgIpc) is 3.22. The van der Waals surface area contributed by atoms with Crippen LogP contribution in [0.2, 0.25) is 0 Å². The minimum atomic E-state index is -0.962. The van der Waals surface area contributed by atoms with Crippen molar-refractivity contribution in [3.8, 4) is 0 Å². The summed E-state index contributed by atoms with van der Waals surface area (Å²) < 4.78 is 0. The summed E-state index contributed by atoms with van der Waals surface area (Å²) in [4.78, 5) is 24.4. The van der Waals surface area contributed by atoms with Crippen LogP contribution in [0.5, 0.6) is 0 Å². The molecule has 2 amide bonds. The van der Waals surface area contributed by atoms with Crippen molar-refractivity contribution in [2.75, 3.05) is 6.61 Å². The number of hydrogen-bond donors (Lipinski definition) is 4. The fourth-order valence-corrected chi connectivity index (χ4v) is 2.79. The van der Waals surface area contributed by atoms with E-state index in [0.717, 1.165) is 25.7 Å².